The maximum absolute atomic E-state index is 11.9. The van der Waals surface area contributed by atoms with Crippen molar-refractivity contribution in [3.05, 3.63) is 39.9 Å². The lowest BCUT2D eigenvalue weighted by molar-refractivity contribution is -0.384. The van der Waals surface area contributed by atoms with Crippen molar-refractivity contribution in [3.63, 3.8) is 0 Å². The lowest BCUT2D eigenvalue weighted by atomic mass is 10.2. The van der Waals surface area contributed by atoms with Gasteiger partial charge in [0.25, 0.3) is 11.6 Å². The number of carbonyl (C=O) groups excluding carboxylic acids is 1. The van der Waals surface area contributed by atoms with Crippen LogP contribution in [0.5, 0.6) is 0 Å². The summed E-state index contributed by atoms with van der Waals surface area (Å²) in [5.74, 6) is -0.409. The van der Waals surface area contributed by atoms with E-state index in [1.165, 1.54) is 36.0 Å². The highest BCUT2D eigenvalue weighted by Gasteiger charge is 2.20. The van der Waals surface area contributed by atoms with Crippen LogP contribution in [-0.4, -0.2) is 21.4 Å². The Morgan fingerprint density at radius 3 is 3.05 bits per heavy atom. The van der Waals surface area contributed by atoms with Gasteiger partial charge in [0.2, 0.25) is 0 Å². The number of benzene rings is 1. The van der Waals surface area contributed by atoms with Crippen LogP contribution in [0.1, 0.15) is 23.7 Å². The number of carbonyl (C=O) groups is 1. The molecule has 0 saturated heterocycles. The summed E-state index contributed by atoms with van der Waals surface area (Å²) < 4.78 is 0. The van der Waals surface area contributed by atoms with Crippen molar-refractivity contribution >= 4 is 28.5 Å². The number of rotatable bonds is 3. The standard InChI is InChI=1S/C11H12N4O3S/c1-2-9-13-14-11(19-9)12-10(16)7-4-3-5-8(6-7)15(17)18/h3-6,9,13H,2H2,1H3,(H,12,14,16). The number of hydrazone groups is 1. The topological polar surface area (TPSA) is 96.6 Å². The Balaban J connectivity index is 2.04. The van der Waals surface area contributed by atoms with Crippen LogP contribution >= 0.6 is 11.8 Å². The summed E-state index contributed by atoms with van der Waals surface area (Å²) in [7, 11) is 0. The van der Waals surface area contributed by atoms with Gasteiger partial charge >= 0.3 is 0 Å². The van der Waals surface area contributed by atoms with Gasteiger partial charge in [0.1, 0.15) is 0 Å². The van der Waals surface area contributed by atoms with Gasteiger partial charge in [0.15, 0.2) is 5.17 Å². The summed E-state index contributed by atoms with van der Waals surface area (Å²) in [5.41, 5.74) is 2.99. The zero-order chi connectivity index (χ0) is 13.8. The van der Waals surface area contributed by atoms with Crippen LogP contribution in [0.3, 0.4) is 0 Å². The molecule has 1 aliphatic rings. The molecule has 2 N–H and O–H groups in total. The van der Waals surface area contributed by atoms with Gasteiger partial charge in [-0.15, -0.1) is 0 Å². The van der Waals surface area contributed by atoms with E-state index in [4.69, 9.17) is 0 Å². The Bertz CT molecular complexity index is 546. The molecule has 1 heterocycles. The maximum atomic E-state index is 11.9. The molecule has 8 heteroatoms. The minimum atomic E-state index is -0.534. The summed E-state index contributed by atoms with van der Waals surface area (Å²) in [6.07, 6.45) is 0.879. The Kier molecular flexibility index (Phi) is 4.00. The van der Waals surface area contributed by atoms with Crippen LogP contribution in [0.25, 0.3) is 0 Å². The van der Waals surface area contributed by atoms with Crippen molar-refractivity contribution in [2.45, 2.75) is 18.7 Å². The first-order valence-corrected chi connectivity index (χ1v) is 6.53. The minimum Gasteiger partial charge on any atom is -0.300 e. The number of hydrogen-bond donors (Lipinski definition) is 2. The molecule has 0 bridgehead atoms. The third-order valence-electron chi connectivity index (χ3n) is 2.47. The molecule has 2 rings (SSSR count). The molecule has 7 nitrogen and oxygen atoms in total. The molecule has 0 fully saturated rings. The third-order valence-corrected chi connectivity index (χ3v) is 3.61. The number of nitrogens with zero attached hydrogens (tertiary/aromatic N) is 2. The number of amidine groups is 1. The second kappa shape index (κ2) is 5.70. The highest BCUT2D eigenvalue weighted by Crippen LogP contribution is 2.19. The molecule has 0 radical (unpaired) electrons. The van der Waals surface area contributed by atoms with E-state index in [2.05, 4.69) is 15.8 Å². The highest BCUT2D eigenvalue weighted by molar-refractivity contribution is 8.14. The van der Waals surface area contributed by atoms with Crippen molar-refractivity contribution in [1.29, 1.82) is 0 Å². The van der Waals surface area contributed by atoms with Gasteiger partial charge in [-0.1, -0.05) is 24.8 Å². The molecule has 100 valence electrons. The van der Waals surface area contributed by atoms with Crippen molar-refractivity contribution in [2.24, 2.45) is 5.10 Å². The second-order valence-corrected chi connectivity index (χ2v) is 5.01. The van der Waals surface area contributed by atoms with Gasteiger partial charge in [0, 0.05) is 17.7 Å². The molecule has 19 heavy (non-hydrogen) atoms. The van der Waals surface area contributed by atoms with Gasteiger partial charge < -0.3 is 0 Å². The van der Waals surface area contributed by atoms with Crippen molar-refractivity contribution in [3.8, 4) is 0 Å². The van der Waals surface area contributed by atoms with Gasteiger partial charge in [-0.2, -0.15) is 5.10 Å². The fourth-order valence-electron chi connectivity index (χ4n) is 1.48. The molecule has 1 unspecified atom stereocenters. The average Bonchev–Trinajstić information content (AvgIpc) is 2.86. The first-order chi connectivity index (χ1) is 9.10. The average molecular weight is 280 g/mol. The van der Waals surface area contributed by atoms with Crippen molar-refractivity contribution < 1.29 is 9.72 Å². The zero-order valence-corrected chi connectivity index (χ0v) is 10.9. The normalized spacial score (nSPS) is 17.5. The van der Waals surface area contributed by atoms with E-state index < -0.39 is 10.8 Å². The number of amides is 1. The van der Waals surface area contributed by atoms with Gasteiger partial charge in [-0.05, 0) is 12.5 Å². The van der Waals surface area contributed by atoms with Crippen LogP contribution < -0.4 is 10.7 Å². The Hall–Kier alpha value is -2.09. The van der Waals surface area contributed by atoms with Crippen LogP contribution in [0.4, 0.5) is 5.69 Å². The number of nitro benzene ring substituents is 1. The summed E-state index contributed by atoms with van der Waals surface area (Å²) >= 11 is 1.42. The minimum absolute atomic E-state index is 0.113. The van der Waals surface area contributed by atoms with Crippen molar-refractivity contribution in [2.75, 3.05) is 0 Å². The van der Waals surface area contributed by atoms with Gasteiger partial charge in [0.05, 0.1) is 10.3 Å². The molecule has 1 amide bonds. The van der Waals surface area contributed by atoms with Gasteiger partial charge in [-0.25, -0.2) is 0 Å². The summed E-state index contributed by atoms with van der Waals surface area (Å²) in [4.78, 5) is 22.0. The predicted octanol–water partition coefficient (Wildman–Crippen LogP) is 1.67. The quantitative estimate of drug-likeness (QED) is 0.648. The predicted molar refractivity (Wildman–Crippen MR) is 72.8 cm³/mol. The highest BCUT2D eigenvalue weighted by atomic mass is 32.2. The number of nitro groups is 1. The summed E-state index contributed by atoms with van der Waals surface area (Å²) in [5, 5.41) is 17.9. The molecule has 1 aliphatic heterocycles. The first-order valence-electron chi connectivity index (χ1n) is 5.66. The van der Waals surface area contributed by atoms with E-state index >= 15 is 0 Å². The number of non-ortho nitro benzene ring substituents is 1. The first kappa shape index (κ1) is 13.3. The Morgan fingerprint density at radius 2 is 2.42 bits per heavy atom. The lowest BCUT2D eigenvalue weighted by Gasteiger charge is -2.05. The van der Waals surface area contributed by atoms with E-state index in [-0.39, 0.29) is 16.6 Å². The number of thioether (sulfide) groups is 1. The van der Waals surface area contributed by atoms with E-state index in [1.807, 2.05) is 6.92 Å². The van der Waals surface area contributed by atoms with E-state index in [9.17, 15) is 14.9 Å². The van der Waals surface area contributed by atoms with E-state index in [1.54, 1.807) is 0 Å². The molecular formula is C11H12N4O3S. The molecule has 1 aromatic rings. The van der Waals surface area contributed by atoms with Crippen LogP contribution in [-0.2, 0) is 0 Å². The maximum Gasteiger partial charge on any atom is 0.270 e. The van der Waals surface area contributed by atoms with E-state index in [0.29, 0.717) is 5.17 Å². The Morgan fingerprint density at radius 1 is 1.63 bits per heavy atom. The molecule has 0 aromatic heterocycles. The SMILES string of the molecule is CCC1NN=C(NC(=O)c2cccc([N+](=O)[O-])c2)S1. The zero-order valence-electron chi connectivity index (χ0n) is 10.1. The van der Waals surface area contributed by atoms with Crippen molar-refractivity contribution in [1.82, 2.24) is 10.7 Å². The lowest BCUT2D eigenvalue weighted by Crippen LogP contribution is -2.27. The second-order valence-electron chi connectivity index (χ2n) is 3.82. The number of nitrogens with one attached hydrogen (secondary N) is 2. The fraction of sp³-hybridized carbons (Fsp3) is 0.273. The molecule has 1 atom stereocenters. The monoisotopic (exact) mass is 280 g/mol. The smallest absolute Gasteiger partial charge is 0.270 e. The van der Waals surface area contributed by atoms with E-state index in [0.717, 1.165) is 6.42 Å². The van der Waals surface area contributed by atoms with Gasteiger partial charge in [-0.3, -0.25) is 25.7 Å². The molecular weight excluding hydrogens is 268 g/mol. The fourth-order valence-corrected chi connectivity index (χ4v) is 2.28. The number of hydrogen-bond acceptors (Lipinski definition) is 6. The third kappa shape index (κ3) is 3.22. The molecule has 1 aromatic carbocycles. The van der Waals surface area contributed by atoms with Crippen LogP contribution in [0.15, 0.2) is 29.4 Å². The largest absolute Gasteiger partial charge is 0.300 e. The molecule has 0 saturated carbocycles. The van der Waals surface area contributed by atoms with Crippen LogP contribution in [0, 0.1) is 10.1 Å². The Labute approximate surface area is 113 Å². The molecule has 0 spiro atoms. The summed E-state index contributed by atoms with van der Waals surface area (Å²) in [6.45, 7) is 2.01. The summed E-state index contributed by atoms with van der Waals surface area (Å²) in [6, 6.07) is 5.57. The molecule has 0 aliphatic carbocycles. The van der Waals surface area contributed by atoms with Crippen LogP contribution in [0.2, 0.25) is 0 Å².